The number of para-hydroxylation sites is 1. The fourth-order valence-corrected chi connectivity index (χ4v) is 4.37. The zero-order chi connectivity index (χ0) is 24.8. The van der Waals surface area contributed by atoms with Crippen LogP contribution in [-0.4, -0.2) is 28.5 Å². The van der Waals surface area contributed by atoms with Gasteiger partial charge in [-0.05, 0) is 53.1 Å². The maximum absolute atomic E-state index is 12.9. The molecule has 3 amide bonds. The van der Waals surface area contributed by atoms with Gasteiger partial charge in [0.2, 0.25) is 5.91 Å². The largest absolute Gasteiger partial charge is 0.488 e. The monoisotopic (exact) mass is 486 g/mol. The smallest absolute Gasteiger partial charge is 0.294 e. The lowest BCUT2D eigenvalue weighted by molar-refractivity contribution is -0.127. The third-order valence-electron chi connectivity index (χ3n) is 5.48. The van der Waals surface area contributed by atoms with Crippen LogP contribution in [0.15, 0.2) is 83.8 Å². The van der Waals surface area contributed by atoms with Crippen molar-refractivity contribution in [2.24, 2.45) is 0 Å². The van der Waals surface area contributed by atoms with E-state index >= 15 is 0 Å². The Balaban J connectivity index is 1.42. The van der Waals surface area contributed by atoms with Crippen molar-refractivity contribution in [3.05, 3.63) is 100 Å². The van der Waals surface area contributed by atoms with Gasteiger partial charge < -0.3 is 10.1 Å². The first-order chi connectivity index (χ1) is 16.9. The van der Waals surface area contributed by atoms with Gasteiger partial charge in [0.25, 0.3) is 11.1 Å². The number of anilines is 1. The van der Waals surface area contributed by atoms with Gasteiger partial charge in [0, 0.05) is 11.3 Å². The lowest BCUT2D eigenvalue weighted by Gasteiger charge is -2.13. The van der Waals surface area contributed by atoms with Crippen molar-refractivity contribution < 1.29 is 19.1 Å². The van der Waals surface area contributed by atoms with Gasteiger partial charge in [0.05, 0.1) is 4.91 Å². The highest BCUT2D eigenvalue weighted by Gasteiger charge is 2.36. The van der Waals surface area contributed by atoms with Crippen molar-refractivity contribution in [3.63, 3.8) is 0 Å². The van der Waals surface area contributed by atoms with Gasteiger partial charge in [-0.1, -0.05) is 74.5 Å². The minimum absolute atomic E-state index is 0.250. The van der Waals surface area contributed by atoms with E-state index < -0.39 is 17.1 Å². The Kier molecular flexibility index (Phi) is 7.67. The molecule has 6 nitrogen and oxygen atoms in total. The zero-order valence-electron chi connectivity index (χ0n) is 19.6. The molecule has 0 spiro atoms. The predicted molar refractivity (Wildman–Crippen MR) is 139 cm³/mol. The summed E-state index contributed by atoms with van der Waals surface area (Å²) in [4.78, 5) is 39.1. The fourth-order valence-electron chi connectivity index (χ4n) is 3.54. The average Bonchev–Trinajstić information content (AvgIpc) is 3.11. The minimum atomic E-state index is -0.497. The van der Waals surface area contributed by atoms with Crippen LogP contribution < -0.4 is 10.1 Å². The number of hydrogen-bond donors (Lipinski definition) is 1. The van der Waals surface area contributed by atoms with Crippen LogP contribution in [0.5, 0.6) is 5.75 Å². The van der Waals surface area contributed by atoms with Crippen LogP contribution in [0.2, 0.25) is 0 Å². The summed E-state index contributed by atoms with van der Waals surface area (Å²) in [6.07, 6.45) is 1.63. The lowest BCUT2D eigenvalue weighted by Crippen LogP contribution is -2.36. The number of benzene rings is 3. The predicted octanol–water partition coefficient (Wildman–Crippen LogP) is 6.06. The van der Waals surface area contributed by atoms with Gasteiger partial charge >= 0.3 is 0 Å². The summed E-state index contributed by atoms with van der Waals surface area (Å²) in [6, 6.07) is 24.6. The highest BCUT2D eigenvalue weighted by molar-refractivity contribution is 8.18. The van der Waals surface area contributed by atoms with E-state index in [1.54, 1.807) is 6.08 Å². The van der Waals surface area contributed by atoms with E-state index in [2.05, 4.69) is 19.2 Å². The summed E-state index contributed by atoms with van der Waals surface area (Å²) in [6.45, 7) is 4.22. The SMILES string of the molecule is CC(C)c1ccc(NC(=O)CN2C(=O)S/C(=C/c3ccccc3OCc3ccccc3)C2=O)cc1. The summed E-state index contributed by atoms with van der Waals surface area (Å²) in [5, 5.41) is 2.27. The number of ether oxygens (including phenoxy) is 1. The van der Waals surface area contributed by atoms with Gasteiger partial charge in [-0.25, -0.2) is 0 Å². The van der Waals surface area contributed by atoms with Gasteiger partial charge in [0.1, 0.15) is 18.9 Å². The van der Waals surface area contributed by atoms with Crippen LogP contribution in [0.1, 0.15) is 36.5 Å². The number of amides is 3. The third kappa shape index (κ3) is 6.19. The molecule has 0 saturated carbocycles. The van der Waals surface area contributed by atoms with Crippen LogP contribution in [0.4, 0.5) is 10.5 Å². The number of hydrogen-bond acceptors (Lipinski definition) is 5. The van der Waals surface area contributed by atoms with E-state index in [-0.39, 0.29) is 11.4 Å². The summed E-state index contributed by atoms with van der Waals surface area (Å²) in [5.41, 5.74) is 3.48. The molecule has 4 rings (SSSR count). The van der Waals surface area contributed by atoms with E-state index in [9.17, 15) is 14.4 Å². The fraction of sp³-hybridized carbons (Fsp3) is 0.179. The molecule has 0 aromatic heterocycles. The van der Waals surface area contributed by atoms with Crippen molar-refractivity contribution in [1.82, 2.24) is 4.90 Å². The normalized spacial score (nSPS) is 14.6. The molecule has 7 heteroatoms. The molecule has 1 heterocycles. The number of thioether (sulfide) groups is 1. The molecule has 35 heavy (non-hydrogen) atoms. The van der Waals surface area contributed by atoms with Crippen LogP contribution >= 0.6 is 11.8 Å². The van der Waals surface area contributed by atoms with E-state index in [4.69, 9.17) is 4.74 Å². The Hall–Kier alpha value is -3.84. The van der Waals surface area contributed by atoms with Crippen molar-refractivity contribution in [1.29, 1.82) is 0 Å². The summed E-state index contributed by atoms with van der Waals surface area (Å²) in [5.74, 6) is 0.0574. The van der Waals surface area contributed by atoms with Gasteiger partial charge in [-0.3, -0.25) is 19.3 Å². The molecule has 0 atom stereocenters. The maximum Gasteiger partial charge on any atom is 0.294 e. The number of nitrogens with zero attached hydrogens (tertiary/aromatic N) is 1. The number of rotatable bonds is 8. The number of nitrogens with one attached hydrogen (secondary N) is 1. The van der Waals surface area contributed by atoms with E-state index in [1.807, 2.05) is 78.9 Å². The quantitative estimate of drug-likeness (QED) is 0.392. The molecular formula is C28H26N2O4S. The van der Waals surface area contributed by atoms with Crippen molar-refractivity contribution in [3.8, 4) is 5.75 Å². The Morgan fingerprint density at radius 1 is 0.971 bits per heavy atom. The van der Waals surface area contributed by atoms with Crippen molar-refractivity contribution in [2.75, 3.05) is 11.9 Å². The summed E-state index contributed by atoms with van der Waals surface area (Å²) in [7, 11) is 0. The lowest BCUT2D eigenvalue weighted by atomic mass is 10.0. The maximum atomic E-state index is 12.9. The Bertz CT molecular complexity index is 1250. The third-order valence-corrected chi connectivity index (χ3v) is 6.39. The molecule has 1 N–H and O–H groups in total. The zero-order valence-corrected chi connectivity index (χ0v) is 20.4. The number of imide groups is 1. The van der Waals surface area contributed by atoms with Gasteiger partial charge in [-0.2, -0.15) is 0 Å². The van der Waals surface area contributed by atoms with Crippen LogP contribution in [-0.2, 0) is 16.2 Å². The van der Waals surface area contributed by atoms with Crippen LogP contribution in [0, 0.1) is 0 Å². The molecule has 1 aliphatic rings. The topological polar surface area (TPSA) is 75.7 Å². The first kappa shape index (κ1) is 24.3. The standard InChI is InChI=1S/C28H26N2O4S/c1-19(2)21-12-14-23(15-13-21)29-26(31)17-30-27(32)25(35-28(30)33)16-22-10-6-7-11-24(22)34-18-20-8-4-3-5-9-20/h3-16,19H,17-18H2,1-2H3,(H,29,31)/b25-16+. The van der Waals surface area contributed by atoms with Crippen LogP contribution in [0.3, 0.4) is 0 Å². The highest BCUT2D eigenvalue weighted by Crippen LogP contribution is 2.34. The molecule has 1 aliphatic heterocycles. The summed E-state index contributed by atoms with van der Waals surface area (Å²) < 4.78 is 5.95. The van der Waals surface area contributed by atoms with E-state index in [0.29, 0.717) is 29.5 Å². The highest BCUT2D eigenvalue weighted by atomic mass is 32.2. The molecule has 0 radical (unpaired) electrons. The van der Waals surface area contributed by atoms with Crippen LogP contribution in [0.25, 0.3) is 6.08 Å². The van der Waals surface area contributed by atoms with Gasteiger partial charge in [0.15, 0.2) is 0 Å². The Morgan fingerprint density at radius 2 is 1.66 bits per heavy atom. The molecule has 0 unspecified atom stereocenters. The molecule has 3 aromatic carbocycles. The van der Waals surface area contributed by atoms with Crippen molar-refractivity contribution in [2.45, 2.75) is 26.4 Å². The van der Waals surface area contributed by atoms with Gasteiger partial charge in [-0.15, -0.1) is 0 Å². The molecule has 1 fully saturated rings. The molecule has 178 valence electrons. The average molecular weight is 487 g/mol. The Morgan fingerprint density at radius 3 is 2.37 bits per heavy atom. The second kappa shape index (κ2) is 11.1. The minimum Gasteiger partial charge on any atom is -0.488 e. The molecule has 1 saturated heterocycles. The van der Waals surface area contributed by atoms with E-state index in [0.717, 1.165) is 27.8 Å². The number of carbonyl (C=O) groups excluding carboxylic acids is 3. The molecule has 0 bridgehead atoms. The number of carbonyl (C=O) groups is 3. The first-order valence-corrected chi connectivity index (χ1v) is 12.1. The summed E-state index contributed by atoms with van der Waals surface area (Å²) >= 11 is 0.816. The molecular weight excluding hydrogens is 460 g/mol. The molecule has 3 aromatic rings. The van der Waals surface area contributed by atoms with Crippen molar-refractivity contribution >= 4 is 40.6 Å². The molecule has 0 aliphatic carbocycles. The Labute approximate surface area is 209 Å². The first-order valence-electron chi connectivity index (χ1n) is 11.3. The van der Waals surface area contributed by atoms with E-state index in [1.165, 1.54) is 0 Å². The second-order valence-electron chi connectivity index (χ2n) is 8.40. The second-order valence-corrected chi connectivity index (χ2v) is 9.40.